The highest BCUT2D eigenvalue weighted by Gasteiger charge is 2.28. The van der Waals surface area contributed by atoms with Gasteiger partial charge in [-0.15, -0.1) is 0 Å². The molecule has 1 heterocycles. The Morgan fingerprint density at radius 3 is 1.55 bits per heavy atom. The van der Waals surface area contributed by atoms with Gasteiger partial charge in [0.2, 0.25) is 5.84 Å². The zero-order valence-electron chi connectivity index (χ0n) is 20.3. The van der Waals surface area contributed by atoms with Gasteiger partial charge in [0.25, 0.3) is 0 Å². The topological polar surface area (TPSA) is 6.25 Å². The maximum absolute atomic E-state index is 2.67. The Morgan fingerprint density at radius 1 is 0.621 bits per heavy atom. The van der Waals surface area contributed by atoms with E-state index in [9.17, 15) is 0 Å². The van der Waals surface area contributed by atoms with Crippen LogP contribution in [0.3, 0.4) is 0 Å². The van der Waals surface area contributed by atoms with E-state index in [1.165, 1.54) is 142 Å². The zero-order chi connectivity index (χ0) is 20.3. The Hall–Kier alpha value is -0.240. The molecule has 0 aromatic carbocycles. The molecule has 1 rings (SSSR count). The summed E-state index contributed by atoms with van der Waals surface area (Å²) in [5.74, 6) is 1.67. The molecule has 3 heteroatoms. The average molecular weight is 429 g/mol. The van der Waals surface area contributed by atoms with Crippen molar-refractivity contribution >= 4 is 5.84 Å². The highest BCUT2D eigenvalue weighted by molar-refractivity contribution is 5.78. The molecule has 0 fully saturated rings. The van der Waals surface area contributed by atoms with E-state index in [0.29, 0.717) is 0 Å². The van der Waals surface area contributed by atoms with Gasteiger partial charge in [-0.2, -0.15) is 0 Å². The summed E-state index contributed by atoms with van der Waals surface area (Å²) in [6.07, 6.45) is 25.7. The van der Waals surface area contributed by atoms with Crippen LogP contribution in [0.4, 0.5) is 0 Å². The summed E-state index contributed by atoms with van der Waals surface area (Å²) in [4.78, 5) is 2.67. The van der Waals surface area contributed by atoms with Crippen molar-refractivity contribution in [2.24, 2.45) is 0 Å². The average Bonchev–Trinajstić information content (AvgIpc) is 3.07. The summed E-state index contributed by atoms with van der Waals surface area (Å²) in [7, 11) is 0. The molecule has 0 N–H and O–H groups in total. The van der Waals surface area contributed by atoms with E-state index >= 15 is 0 Å². The van der Waals surface area contributed by atoms with Crippen molar-refractivity contribution in [1.29, 1.82) is 0 Å². The van der Waals surface area contributed by atoms with Crippen molar-refractivity contribution in [2.45, 2.75) is 136 Å². The molecular formula is C26H53ClN2. The first-order valence-electron chi connectivity index (χ1n) is 13.2. The molecule has 0 amide bonds. The van der Waals surface area contributed by atoms with Gasteiger partial charge in [-0.1, -0.05) is 111 Å². The van der Waals surface area contributed by atoms with Gasteiger partial charge < -0.3 is 12.4 Å². The first-order chi connectivity index (χ1) is 13.8. The van der Waals surface area contributed by atoms with Crippen LogP contribution in [-0.2, 0) is 0 Å². The predicted molar refractivity (Wildman–Crippen MR) is 127 cm³/mol. The van der Waals surface area contributed by atoms with Crippen LogP contribution in [0.2, 0.25) is 0 Å². The van der Waals surface area contributed by atoms with Crippen molar-refractivity contribution in [1.82, 2.24) is 4.90 Å². The number of unbranched alkanes of at least 4 members (excludes halogenated alkanes) is 14. The number of hydrogen-bond donors (Lipinski definition) is 0. The van der Waals surface area contributed by atoms with E-state index in [1.54, 1.807) is 5.84 Å². The molecule has 1 aliphatic rings. The maximum Gasteiger partial charge on any atom is 0.247 e. The molecule has 0 saturated heterocycles. The van der Waals surface area contributed by atoms with Crippen LogP contribution in [0.15, 0.2) is 0 Å². The molecular weight excluding hydrogens is 376 g/mol. The standard InChI is InChI=1S/C26H53N2.ClH/c1-4-7-8-9-10-11-12-13-14-15-16-17-18-19-20-21-26-27(22-5-2)24-25-28(26)23-6-3;/h4-25H2,1-3H3;1H/q+1;/p-1. The Bertz CT molecular complexity index is 381. The van der Waals surface area contributed by atoms with E-state index in [4.69, 9.17) is 0 Å². The van der Waals surface area contributed by atoms with Crippen molar-refractivity contribution in [3.05, 3.63) is 0 Å². The van der Waals surface area contributed by atoms with E-state index < -0.39 is 0 Å². The van der Waals surface area contributed by atoms with Crippen LogP contribution in [-0.4, -0.2) is 41.5 Å². The van der Waals surface area contributed by atoms with E-state index in [2.05, 4.69) is 30.2 Å². The largest absolute Gasteiger partial charge is 1.00 e. The van der Waals surface area contributed by atoms with E-state index in [-0.39, 0.29) is 12.4 Å². The SMILES string of the molecule is CCCCCCCCCCCCCCCCCC1=[N+](CCC)CCN1CCC.[Cl-]. The monoisotopic (exact) mass is 428 g/mol. The lowest BCUT2D eigenvalue weighted by Crippen LogP contribution is -3.00. The quantitative estimate of drug-likeness (QED) is 0.199. The Balaban J connectivity index is 0.00000784. The highest BCUT2D eigenvalue weighted by Crippen LogP contribution is 2.15. The summed E-state index contributed by atoms with van der Waals surface area (Å²) in [6.45, 7) is 12.0. The molecule has 0 aromatic rings. The smallest absolute Gasteiger partial charge is 0.247 e. The van der Waals surface area contributed by atoms with Crippen molar-refractivity contribution < 1.29 is 17.0 Å². The van der Waals surface area contributed by atoms with E-state index in [1.807, 2.05) is 0 Å². The normalized spacial score (nSPS) is 14.0. The Labute approximate surface area is 190 Å². The third-order valence-corrected chi connectivity index (χ3v) is 6.36. The molecule has 0 atom stereocenters. The van der Waals surface area contributed by atoms with Crippen LogP contribution in [0.25, 0.3) is 0 Å². The molecule has 29 heavy (non-hydrogen) atoms. The number of rotatable bonds is 20. The van der Waals surface area contributed by atoms with Crippen molar-refractivity contribution in [3.63, 3.8) is 0 Å². The lowest BCUT2D eigenvalue weighted by Gasteiger charge is -2.12. The van der Waals surface area contributed by atoms with Gasteiger partial charge in [-0.05, 0) is 19.3 Å². The molecule has 0 bridgehead atoms. The Morgan fingerprint density at radius 2 is 1.10 bits per heavy atom. The van der Waals surface area contributed by atoms with Crippen LogP contribution >= 0.6 is 0 Å². The van der Waals surface area contributed by atoms with Gasteiger partial charge in [0.05, 0.1) is 13.1 Å². The van der Waals surface area contributed by atoms with Gasteiger partial charge in [0.1, 0.15) is 13.1 Å². The molecule has 1 aliphatic heterocycles. The van der Waals surface area contributed by atoms with Gasteiger partial charge in [0, 0.05) is 6.42 Å². The second-order valence-electron chi connectivity index (χ2n) is 9.09. The molecule has 0 aromatic heterocycles. The summed E-state index contributed by atoms with van der Waals surface area (Å²) >= 11 is 0. The second kappa shape index (κ2) is 21.0. The fourth-order valence-electron chi connectivity index (χ4n) is 4.69. The highest BCUT2D eigenvalue weighted by atomic mass is 35.5. The molecule has 2 nitrogen and oxygen atoms in total. The fraction of sp³-hybridized carbons (Fsp3) is 0.962. The molecule has 0 saturated carbocycles. The number of halogens is 1. The van der Waals surface area contributed by atoms with Gasteiger partial charge >= 0.3 is 0 Å². The summed E-state index contributed by atoms with van der Waals surface area (Å²) < 4.78 is 2.67. The fourth-order valence-corrected chi connectivity index (χ4v) is 4.69. The van der Waals surface area contributed by atoms with E-state index in [0.717, 1.165) is 0 Å². The van der Waals surface area contributed by atoms with Crippen LogP contribution in [0.1, 0.15) is 136 Å². The maximum atomic E-state index is 2.67. The van der Waals surface area contributed by atoms with Crippen molar-refractivity contribution in [3.8, 4) is 0 Å². The molecule has 0 unspecified atom stereocenters. The minimum absolute atomic E-state index is 0. The van der Waals surface area contributed by atoms with Gasteiger partial charge in [-0.3, -0.25) is 9.48 Å². The molecule has 0 spiro atoms. The third-order valence-electron chi connectivity index (χ3n) is 6.36. The number of amidine groups is 1. The molecule has 174 valence electrons. The first-order valence-corrected chi connectivity index (χ1v) is 13.2. The van der Waals surface area contributed by atoms with Crippen molar-refractivity contribution in [2.75, 3.05) is 26.2 Å². The van der Waals surface area contributed by atoms with Crippen LogP contribution in [0, 0.1) is 0 Å². The van der Waals surface area contributed by atoms with Crippen LogP contribution in [0.5, 0.6) is 0 Å². The molecule has 0 radical (unpaired) electrons. The minimum atomic E-state index is 0. The number of hydrogen-bond acceptors (Lipinski definition) is 1. The van der Waals surface area contributed by atoms with Crippen LogP contribution < -0.4 is 12.4 Å². The lowest BCUT2D eigenvalue weighted by atomic mass is 10.0. The lowest BCUT2D eigenvalue weighted by molar-refractivity contribution is -0.519. The summed E-state index contributed by atoms with van der Waals surface area (Å²) in [6, 6.07) is 0. The summed E-state index contributed by atoms with van der Waals surface area (Å²) in [5.41, 5.74) is 0. The van der Waals surface area contributed by atoms with Gasteiger partial charge in [0.15, 0.2) is 0 Å². The zero-order valence-corrected chi connectivity index (χ0v) is 21.1. The first kappa shape index (κ1) is 28.8. The van der Waals surface area contributed by atoms with Gasteiger partial charge in [-0.25, -0.2) is 0 Å². The second-order valence-corrected chi connectivity index (χ2v) is 9.09. The third kappa shape index (κ3) is 14.4. The predicted octanol–water partition coefficient (Wildman–Crippen LogP) is 4.80. The Kier molecular flexibility index (Phi) is 20.8. The number of nitrogens with zero attached hydrogens (tertiary/aromatic N) is 2. The summed E-state index contributed by atoms with van der Waals surface area (Å²) in [5, 5.41) is 0. The molecule has 0 aliphatic carbocycles. The minimum Gasteiger partial charge on any atom is -1.00 e.